The van der Waals surface area contributed by atoms with Gasteiger partial charge in [-0.1, -0.05) is 103 Å². The van der Waals surface area contributed by atoms with Crippen LogP contribution in [-0.2, 0) is 0 Å². The van der Waals surface area contributed by atoms with Crippen LogP contribution < -0.4 is 0 Å². The summed E-state index contributed by atoms with van der Waals surface area (Å²) in [6, 6.07) is 50.7. The minimum Gasteiger partial charge on any atom is -0.452 e. The summed E-state index contributed by atoms with van der Waals surface area (Å²) in [5.41, 5.74) is 9.64. The van der Waals surface area contributed by atoms with E-state index < -0.39 is 0 Å². The Labute approximate surface area is 257 Å². The van der Waals surface area contributed by atoms with E-state index in [9.17, 15) is 0 Å². The molecular weight excluding hydrogens is 552 g/mol. The molecule has 0 N–H and O–H groups in total. The van der Waals surface area contributed by atoms with Crippen molar-refractivity contribution in [2.75, 3.05) is 0 Å². The predicted molar refractivity (Wildman–Crippen MR) is 183 cm³/mol. The molecule has 5 nitrogen and oxygen atoms in total. The Morgan fingerprint density at radius 3 is 1.91 bits per heavy atom. The molecule has 0 aliphatic rings. The van der Waals surface area contributed by atoms with Crippen molar-refractivity contribution in [1.29, 1.82) is 0 Å². The molecule has 4 heterocycles. The molecule has 0 saturated carbocycles. The Bertz CT molecular complexity index is 2750. The molecule has 0 fully saturated rings. The first kappa shape index (κ1) is 24.3. The maximum Gasteiger partial charge on any atom is 0.236 e. The summed E-state index contributed by atoms with van der Waals surface area (Å²) in [5, 5.41) is 5.74. The van der Waals surface area contributed by atoms with Gasteiger partial charge in [-0.3, -0.25) is 4.57 Å². The zero-order valence-corrected chi connectivity index (χ0v) is 24.1. The highest BCUT2D eigenvalue weighted by molar-refractivity contribution is 6.26. The van der Waals surface area contributed by atoms with E-state index >= 15 is 0 Å². The second-order valence-electron chi connectivity index (χ2n) is 11.4. The molecule has 6 aromatic carbocycles. The topological polar surface area (TPSA) is 48.8 Å². The second kappa shape index (κ2) is 9.15. The van der Waals surface area contributed by atoms with Gasteiger partial charge in [0.15, 0.2) is 5.58 Å². The van der Waals surface area contributed by atoms with E-state index in [0.29, 0.717) is 11.5 Å². The van der Waals surface area contributed by atoms with Crippen molar-refractivity contribution >= 4 is 65.7 Å². The number of furan rings is 1. The number of fused-ring (bicyclic) bond motifs is 10. The summed E-state index contributed by atoms with van der Waals surface area (Å²) in [6.07, 6.45) is 0. The summed E-state index contributed by atoms with van der Waals surface area (Å²) in [5.74, 6) is 0.612. The summed E-state index contributed by atoms with van der Waals surface area (Å²) in [7, 11) is 0. The normalized spacial score (nSPS) is 12.0. The van der Waals surface area contributed by atoms with Crippen molar-refractivity contribution in [3.8, 4) is 22.9 Å². The Morgan fingerprint density at radius 2 is 1.11 bits per heavy atom. The SMILES string of the molecule is c1ccc(-c2nc(-n3c4ccccc4c4c3ccc3c5ccccc5n(-c5ccccc5)c34)nc3c2oc2ccccc23)cc1. The van der Waals surface area contributed by atoms with Crippen molar-refractivity contribution in [2.45, 2.75) is 0 Å². The molecule has 5 heteroatoms. The quantitative estimate of drug-likeness (QED) is 0.210. The minimum atomic E-state index is 0.612. The molecular formula is C40H24N4O. The lowest BCUT2D eigenvalue weighted by Crippen LogP contribution is -2.03. The summed E-state index contributed by atoms with van der Waals surface area (Å²) in [6.45, 7) is 0. The van der Waals surface area contributed by atoms with Crippen LogP contribution in [-0.4, -0.2) is 19.1 Å². The molecule has 45 heavy (non-hydrogen) atoms. The van der Waals surface area contributed by atoms with Gasteiger partial charge in [-0.05, 0) is 42.5 Å². The van der Waals surface area contributed by atoms with Crippen LogP contribution in [0.25, 0.3) is 88.6 Å². The predicted octanol–water partition coefficient (Wildman–Crippen LogP) is 10.2. The Hall–Kier alpha value is -6.20. The van der Waals surface area contributed by atoms with Gasteiger partial charge in [0.25, 0.3) is 0 Å². The van der Waals surface area contributed by atoms with E-state index in [1.54, 1.807) is 0 Å². The van der Waals surface area contributed by atoms with Gasteiger partial charge < -0.3 is 8.98 Å². The molecule has 4 aromatic heterocycles. The first-order valence-electron chi connectivity index (χ1n) is 15.1. The molecule has 0 spiro atoms. The van der Waals surface area contributed by atoms with Crippen LogP contribution >= 0.6 is 0 Å². The van der Waals surface area contributed by atoms with Crippen LogP contribution in [0.2, 0.25) is 0 Å². The highest BCUT2D eigenvalue weighted by Gasteiger charge is 2.23. The third-order valence-electron chi connectivity index (χ3n) is 8.94. The number of rotatable bonds is 3. The second-order valence-corrected chi connectivity index (χ2v) is 11.4. The van der Waals surface area contributed by atoms with Crippen molar-refractivity contribution in [2.24, 2.45) is 0 Å². The Morgan fingerprint density at radius 1 is 0.467 bits per heavy atom. The number of nitrogens with zero attached hydrogens (tertiary/aromatic N) is 4. The molecule has 210 valence electrons. The summed E-state index contributed by atoms with van der Waals surface area (Å²) in [4.78, 5) is 10.5. The maximum atomic E-state index is 6.40. The highest BCUT2D eigenvalue weighted by atomic mass is 16.3. The van der Waals surface area contributed by atoms with Gasteiger partial charge in [-0.2, -0.15) is 0 Å². The van der Waals surface area contributed by atoms with Crippen molar-refractivity contribution < 1.29 is 4.42 Å². The average molecular weight is 577 g/mol. The van der Waals surface area contributed by atoms with Crippen molar-refractivity contribution in [3.05, 3.63) is 146 Å². The maximum absolute atomic E-state index is 6.40. The smallest absolute Gasteiger partial charge is 0.236 e. The monoisotopic (exact) mass is 576 g/mol. The van der Waals surface area contributed by atoms with Crippen LogP contribution in [0.5, 0.6) is 0 Å². The van der Waals surface area contributed by atoms with Crippen molar-refractivity contribution in [1.82, 2.24) is 19.1 Å². The molecule has 0 bridgehead atoms. The lowest BCUT2D eigenvalue weighted by Gasteiger charge is -2.10. The lowest BCUT2D eigenvalue weighted by atomic mass is 10.1. The zero-order chi connectivity index (χ0) is 29.5. The van der Waals surface area contributed by atoms with E-state index in [1.165, 1.54) is 27.2 Å². The van der Waals surface area contributed by atoms with Gasteiger partial charge in [-0.15, -0.1) is 0 Å². The van der Waals surface area contributed by atoms with Crippen LogP contribution in [0.3, 0.4) is 0 Å². The Kier molecular flexibility index (Phi) is 4.93. The summed E-state index contributed by atoms with van der Waals surface area (Å²) >= 11 is 0. The van der Waals surface area contributed by atoms with Crippen LogP contribution in [0.15, 0.2) is 150 Å². The Balaban J connectivity index is 1.39. The molecule has 10 aromatic rings. The number of hydrogen-bond donors (Lipinski definition) is 0. The number of benzene rings is 6. The molecule has 0 aliphatic heterocycles. The fraction of sp³-hybridized carbons (Fsp3) is 0. The van der Waals surface area contributed by atoms with Crippen molar-refractivity contribution in [3.63, 3.8) is 0 Å². The van der Waals surface area contributed by atoms with E-state index in [4.69, 9.17) is 14.4 Å². The number of para-hydroxylation sites is 4. The van der Waals surface area contributed by atoms with Crippen LogP contribution in [0, 0.1) is 0 Å². The van der Waals surface area contributed by atoms with E-state index in [0.717, 1.165) is 49.9 Å². The van der Waals surface area contributed by atoms with Gasteiger partial charge in [0.2, 0.25) is 5.95 Å². The van der Waals surface area contributed by atoms with Gasteiger partial charge in [0, 0.05) is 38.2 Å². The molecule has 0 unspecified atom stereocenters. The number of aromatic nitrogens is 4. The molecule has 10 rings (SSSR count). The molecule has 0 aliphatic carbocycles. The molecule has 0 radical (unpaired) electrons. The van der Waals surface area contributed by atoms with E-state index in [-0.39, 0.29) is 0 Å². The largest absolute Gasteiger partial charge is 0.452 e. The fourth-order valence-electron chi connectivity index (χ4n) is 7.04. The molecule has 0 atom stereocenters. The van der Waals surface area contributed by atoms with Crippen LogP contribution in [0.1, 0.15) is 0 Å². The number of hydrogen-bond acceptors (Lipinski definition) is 3. The fourth-order valence-corrected chi connectivity index (χ4v) is 7.04. The first-order chi connectivity index (χ1) is 22.3. The van der Waals surface area contributed by atoms with Gasteiger partial charge in [0.05, 0.1) is 22.1 Å². The van der Waals surface area contributed by atoms with Crippen LogP contribution in [0.4, 0.5) is 0 Å². The average Bonchev–Trinajstić information content (AvgIpc) is 3.76. The lowest BCUT2D eigenvalue weighted by molar-refractivity contribution is 0.666. The third-order valence-corrected chi connectivity index (χ3v) is 8.94. The van der Waals surface area contributed by atoms with Gasteiger partial charge in [0.1, 0.15) is 16.8 Å². The minimum absolute atomic E-state index is 0.612. The summed E-state index contributed by atoms with van der Waals surface area (Å²) < 4.78 is 11.0. The highest BCUT2D eigenvalue weighted by Crippen LogP contribution is 2.42. The van der Waals surface area contributed by atoms with E-state index in [2.05, 4.69) is 118 Å². The zero-order valence-electron chi connectivity index (χ0n) is 24.1. The van der Waals surface area contributed by atoms with E-state index in [1.807, 2.05) is 36.4 Å². The molecule has 0 saturated heterocycles. The van der Waals surface area contributed by atoms with Gasteiger partial charge >= 0.3 is 0 Å². The first-order valence-corrected chi connectivity index (χ1v) is 15.1. The van der Waals surface area contributed by atoms with Gasteiger partial charge in [-0.25, -0.2) is 9.97 Å². The standard InChI is InChI=1S/C40H24N4O/c1-3-13-25(14-4-1)36-39-37(30-19-9-12-22-34(30)45-39)42-40(41-36)44-32-21-11-8-18-29(32)35-33(44)24-23-28-27-17-7-10-20-31(27)43(38(28)35)26-15-5-2-6-16-26/h1-24H. The third kappa shape index (κ3) is 3.38. The molecule has 0 amide bonds.